The molecule has 2 aromatic rings. The fourth-order valence-corrected chi connectivity index (χ4v) is 3.79. The number of carbonyl (C=O) groups is 2. The molecule has 2 heterocycles. The Hall–Kier alpha value is -3.02. The maximum atomic E-state index is 12.3. The van der Waals surface area contributed by atoms with Crippen molar-refractivity contribution in [1.29, 1.82) is 0 Å². The maximum Gasteiger partial charge on any atom is 0.262 e. The SMILES string of the molecule is CC1CCN(c2ccc(NC(=O)CCc3ccc4c(c3)NC(=O)CO4)cc2)CC1. The van der Waals surface area contributed by atoms with Crippen molar-refractivity contribution in [3.63, 3.8) is 0 Å². The highest BCUT2D eigenvalue weighted by Crippen LogP contribution is 2.29. The topological polar surface area (TPSA) is 70.7 Å². The van der Waals surface area contributed by atoms with Gasteiger partial charge in [0.15, 0.2) is 6.61 Å². The zero-order valence-electron chi connectivity index (χ0n) is 16.7. The Labute approximate surface area is 171 Å². The van der Waals surface area contributed by atoms with Crippen LogP contribution in [0, 0.1) is 5.92 Å². The van der Waals surface area contributed by atoms with Gasteiger partial charge in [-0.3, -0.25) is 9.59 Å². The third-order valence-corrected chi connectivity index (χ3v) is 5.62. The second-order valence-electron chi connectivity index (χ2n) is 7.93. The van der Waals surface area contributed by atoms with Gasteiger partial charge >= 0.3 is 0 Å². The number of anilines is 3. The second kappa shape index (κ2) is 8.55. The highest BCUT2D eigenvalue weighted by molar-refractivity contribution is 5.95. The first-order chi connectivity index (χ1) is 14.1. The van der Waals surface area contributed by atoms with Crippen LogP contribution in [0.2, 0.25) is 0 Å². The molecule has 2 aromatic carbocycles. The van der Waals surface area contributed by atoms with Crippen molar-refractivity contribution in [2.75, 3.05) is 35.2 Å². The molecule has 0 aromatic heterocycles. The minimum Gasteiger partial charge on any atom is -0.482 e. The minimum absolute atomic E-state index is 0.0254. The zero-order valence-corrected chi connectivity index (χ0v) is 16.7. The van der Waals surface area contributed by atoms with Gasteiger partial charge in [0.05, 0.1) is 5.69 Å². The molecule has 0 saturated carbocycles. The van der Waals surface area contributed by atoms with Gasteiger partial charge in [0.25, 0.3) is 5.91 Å². The Morgan fingerprint density at radius 1 is 1.17 bits per heavy atom. The molecule has 4 rings (SSSR count). The number of piperidine rings is 1. The smallest absolute Gasteiger partial charge is 0.262 e. The van der Waals surface area contributed by atoms with Gasteiger partial charge in [0.2, 0.25) is 5.91 Å². The lowest BCUT2D eigenvalue weighted by Crippen LogP contribution is -2.32. The number of rotatable bonds is 5. The molecule has 0 aliphatic carbocycles. The first-order valence-electron chi connectivity index (χ1n) is 10.3. The highest BCUT2D eigenvalue weighted by Gasteiger charge is 2.17. The number of fused-ring (bicyclic) bond motifs is 1. The van der Waals surface area contributed by atoms with Crippen molar-refractivity contribution in [3.8, 4) is 5.75 Å². The molecule has 6 heteroatoms. The lowest BCUT2D eigenvalue weighted by Gasteiger charge is -2.32. The predicted molar refractivity (Wildman–Crippen MR) is 115 cm³/mol. The Kier molecular flexibility index (Phi) is 5.69. The normalized spacial score (nSPS) is 16.6. The van der Waals surface area contributed by atoms with E-state index < -0.39 is 0 Å². The molecule has 0 unspecified atom stereocenters. The quantitative estimate of drug-likeness (QED) is 0.810. The van der Waals surface area contributed by atoms with Gasteiger partial charge in [-0.25, -0.2) is 0 Å². The van der Waals surface area contributed by atoms with E-state index in [0.29, 0.717) is 24.3 Å². The molecule has 2 N–H and O–H groups in total. The summed E-state index contributed by atoms with van der Waals surface area (Å²) in [5.41, 5.74) is 3.68. The Morgan fingerprint density at radius 3 is 2.69 bits per heavy atom. The summed E-state index contributed by atoms with van der Waals surface area (Å²) >= 11 is 0. The molecule has 2 amide bonds. The van der Waals surface area contributed by atoms with Gasteiger partial charge in [-0.1, -0.05) is 13.0 Å². The Balaban J connectivity index is 1.29. The van der Waals surface area contributed by atoms with E-state index in [2.05, 4.69) is 34.6 Å². The number of hydrogen-bond acceptors (Lipinski definition) is 4. The van der Waals surface area contributed by atoms with E-state index in [9.17, 15) is 9.59 Å². The van der Waals surface area contributed by atoms with Crippen LogP contribution in [-0.2, 0) is 16.0 Å². The maximum absolute atomic E-state index is 12.3. The molecule has 0 radical (unpaired) electrons. The van der Waals surface area contributed by atoms with E-state index in [1.807, 2.05) is 30.3 Å². The summed E-state index contributed by atoms with van der Waals surface area (Å²) in [7, 11) is 0. The summed E-state index contributed by atoms with van der Waals surface area (Å²) in [6.07, 6.45) is 3.44. The van der Waals surface area contributed by atoms with Gasteiger partial charge < -0.3 is 20.3 Å². The molecule has 6 nitrogen and oxygen atoms in total. The van der Waals surface area contributed by atoms with Crippen molar-refractivity contribution in [2.45, 2.75) is 32.6 Å². The third kappa shape index (κ3) is 4.88. The number of benzene rings is 2. The number of nitrogens with zero attached hydrogens (tertiary/aromatic N) is 1. The third-order valence-electron chi connectivity index (χ3n) is 5.62. The lowest BCUT2D eigenvalue weighted by molar-refractivity contribution is -0.118. The van der Waals surface area contributed by atoms with E-state index >= 15 is 0 Å². The Bertz CT molecular complexity index is 887. The molecule has 1 fully saturated rings. The largest absolute Gasteiger partial charge is 0.482 e. The van der Waals surface area contributed by atoms with Gasteiger partial charge in [0.1, 0.15) is 5.75 Å². The van der Waals surface area contributed by atoms with Crippen LogP contribution in [0.15, 0.2) is 42.5 Å². The van der Waals surface area contributed by atoms with Crippen LogP contribution in [-0.4, -0.2) is 31.5 Å². The average molecular weight is 393 g/mol. The summed E-state index contributed by atoms with van der Waals surface area (Å²) in [5.74, 6) is 1.29. The molecule has 2 aliphatic heterocycles. The van der Waals surface area contributed by atoms with Gasteiger partial charge in [0, 0.05) is 30.9 Å². The van der Waals surface area contributed by atoms with E-state index in [0.717, 1.165) is 30.3 Å². The van der Waals surface area contributed by atoms with E-state index in [4.69, 9.17) is 4.74 Å². The number of aryl methyl sites for hydroxylation is 1. The fraction of sp³-hybridized carbons (Fsp3) is 0.391. The van der Waals surface area contributed by atoms with Crippen LogP contribution < -0.4 is 20.3 Å². The van der Waals surface area contributed by atoms with E-state index in [-0.39, 0.29) is 18.4 Å². The van der Waals surface area contributed by atoms with Crippen LogP contribution in [0.3, 0.4) is 0 Å². The highest BCUT2D eigenvalue weighted by atomic mass is 16.5. The number of carbonyl (C=O) groups excluding carboxylic acids is 2. The minimum atomic E-state index is -0.157. The van der Waals surface area contributed by atoms with Crippen molar-refractivity contribution in [2.24, 2.45) is 5.92 Å². The van der Waals surface area contributed by atoms with Crippen molar-refractivity contribution in [3.05, 3.63) is 48.0 Å². The van der Waals surface area contributed by atoms with Crippen LogP contribution in [0.25, 0.3) is 0 Å². The number of amides is 2. The summed E-state index contributed by atoms with van der Waals surface area (Å²) < 4.78 is 5.36. The molecule has 0 bridgehead atoms. The standard InChI is InChI=1S/C23H27N3O3/c1-16-10-12-26(13-11-16)19-6-4-18(5-7-19)24-22(27)9-3-17-2-8-21-20(14-17)25-23(28)15-29-21/h2,4-8,14,16H,3,9-13,15H2,1H3,(H,24,27)(H,25,28). The summed E-state index contributed by atoms with van der Waals surface area (Å²) in [5, 5.41) is 5.76. The van der Waals surface area contributed by atoms with Gasteiger partial charge in [-0.2, -0.15) is 0 Å². The average Bonchev–Trinajstić information content (AvgIpc) is 2.73. The molecule has 29 heavy (non-hydrogen) atoms. The van der Waals surface area contributed by atoms with Crippen molar-refractivity contribution < 1.29 is 14.3 Å². The Morgan fingerprint density at radius 2 is 1.93 bits per heavy atom. The first kappa shape index (κ1) is 19.3. The number of hydrogen-bond donors (Lipinski definition) is 2. The van der Waals surface area contributed by atoms with E-state index in [1.54, 1.807) is 0 Å². The fourth-order valence-electron chi connectivity index (χ4n) is 3.79. The van der Waals surface area contributed by atoms with Gasteiger partial charge in [-0.15, -0.1) is 0 Å². The van der Waals surface area contributed by atoms with E-state index in [1.165, 1.54) is 18.5 Å². The molecule has 0 atom stereocenters. The van der Waals surface area contributed by atoms with Gasteiger partial charge in [-0.05, 0) is 67.1 Å². The second-order valence-corrected chi connectivity index (χ2v) is 7.93. The van der Waals surface area contributed by atoms with Crippen LogP contribution >= 0.6 is 0 Å². The number of nitrogens with one attached hydrogen (secondary N) is 2. The molecular formula is C23H27N3O3. The van der Waals surface area contributed by atoms with Crippen molar-refractivity contribution in [1.82, 2.24) is 0 Å². The lowest BCUT2D eigenvalue weighted by atomic mass is 9.99. The summed E-state index contributed by atoms with van der Waals surface area (Å²) in [6, 6.07) is 13.7. The van der Waals surface area contributed by atoms with Crippen molar-refractivity contribution >= 4 is 28.9 Å². The molecular weight excluding hydrogens is 366 g/mol. The zero-order chi connectivity index (χ0) is 20.2. The predicted octanol–water partition coefficient (Wildman–Crippen LogP) is 3.83. The van der Waals surface area contributed by atoms with Crippen LogP contribution in [0.1, 0.15) is 31.7 Å². The molecule has 0 spiro atoms. The molecule has 2 aliphatic rings. The van der Waals surface area contributed by atoms with Crippen LogP contribution in [0.5, 0.6) is 5.75 Å². The number of ether oxygens (including phenoxy) is 1. The monoisotopic (exact) mass is 393 g/mol. The summed E-state index contributed by atoms with van der Waals surface area (Å²) in [6.45, 7) is 4.55. The molecule has 152 valence electrons. The molecule has 1 saturated heterocycles. The first-order valence-corrected chi connectivity index (χ1v) is 10.3. The van der Waals surface area contributed by atoms with Crippen LogP contribution in [0.4, 0.5) is 17.1 Å². The summed E-state index contributed by atoms with van der Waals surface area (Å²) in [4.78, 5) is 26.2.